The number of fused-ring (bicyclic) bond motifs is 1. The first-order valence-corrected chi connectivity index (χ1v) is 10.2. The predicted octanol–water partition coefficient (Wildman–Crippen LogP) is 4.54. The fourth-order valence-electron chi connectivity index (χ4n) is 3.88. The molecule has 0 aliphatic carbocycles. The average Bonchev–Trinajstić information content (AvgIpc) is 3.29. The van der Waals surface area contributed by atoms with Gasteiger partial charge in [0.2, 0.25) is 11.7 Å². The highest BCUT2D eigenvalue weighted by Gasteiger charge is 2.35. The Morgan fingerprint density at radius 3 is 2.71 bits per heavy atom. The molecule has 1 aliphatic heterocycles. The quantitative estimate of drug-likeness (QED) is 0.466. The van der Waals surface area contributed by atoms with Crippen LogP contribution in [0.4, 0.5) is 11.4 Å². The van der Waals surface area contributed by atoms with E-state index in [1.54, 1.807) is 29.4 Å². The van der Waals surface area contributed by atoms with Gasteiger partial charge in [-0.05, 0) is 30.0 Å². The molecule has 160 valence electrons. The minimum atomic E-state index is -0.527. The smallest absolute Gasteiger partial charge is 0.311 e. The van der Waals surface area contributed by atoms with Crippen LogP contribution in [-0.4, -0.2) is 27.6 Å². The van der Waals surface area contributed by atoms with E-state index in [2.05, 4.69) is 24.0 Å². The summed E-state index contributed by atoms with van der Waals surface area (Å²) < 4.78 is 5.60. The number of rotatable bonds is 6. The van der Waals surface area contributed by atoms with E-state index in [1.165, 1.54) is 11.6 Å². The van der Waals surface area contributed by atoms with E-state index < -0.39 is 10.8 Å². The minimum Gasteiger partial charge on any atom is -0.487 e. The minimum absolute atomic E-state index is 0.113. The van der Waals surface area contributed by atoms with Crippen molar-refractivity contribution in [3.05, 3.63) is 81.7 Å². The maximum absolute atomic E-state index is 13.8. The summed E-state index contributed by atoms with van der Waals surface area (Å²) in [6.45, 7) is 4.84. The summed E-state index contributed by atoms with van der Waals surface area (Å²) in [7, 11) is 0. The molecule has 8 heteroatoms. The molecule has 1 N–H and O–H groups in total. The molecule has 3 aromatic rings. The number of para-hydroxylation sites is 1. The summed E-state index contributed by atoms with van der Waals surface area (Å²) in [5, 5.41) is 18.2. The van der Waals surface area contributed by atoms with Crippen molar-refractivity contribution in [3.8, 4) is 5.75 Å². The highest BCUT2D eigenvalue weighted by atomic mass is 16.6. The number of aromatic nitrogens is 2. The second-order valence-corrected chi connectivity index (χ2v) is 7.92. The molecular weight excluding hydrogens is 396 g/mol. The summed E-state index contributed by atoms with van der Waals surface area (Å²) in [6, 6.07) is 12.7. The van der Waals surface area contributed by atoms with Crippen LogP contribution in [0, 0.1) is 10.1 Å². The maximum Gasteiger partial charge on any atom is 0.311 e. The third kappa shape index (κ3) is 4.14. The number of carbonyl (C=O) groups excluding carboxylic acids is 1. The number of aromatic amines is 1. The van der Waals surface area contributed by atoms with Crippen molar-refractivity contribution in [2.75, 3.05) is 11.5 Å². The van der Waals surface area contributed by atoms with Crippen LogP contribution in [0.25, 0.3) is 0 Å². The number of nitrogens with zero attached hydrogens (tertiary/aromatic N) is 3. The molecule has 2 aromatic carbocycles. The van der Waals surface area contributed by atoms with Gasteiger partial charge in [0.05, 0.1) is 30.2 Å². The molecule has 8 nitrogen and oxygen atoms in total. The molecule has 0 saturated carbocycles. The molecule has 4 rings (SSSR count). The van der Waals surface area contributed by atoms with Gasteiger partial charge in [0.15, 0.2) is 0 Å². The van der Waals surface area contributed by atoms with Crippen LogP contribution in [0.5, 0.6) is 5.75 Å². The van der Waals surface area contributed by atoms with Crippen molar-refractivity contribution >= 4 is 17.3 Å². The molecule has 2 heterocycles. The van der Waals surface area contributed by atoms with Crippen molar-refractivity contribution in [1.29, 1.82) is 0 Å². The van der Waals surface area contributed by atoms with Crippen molar-refractivity contribution in [2.24, 2.45) is 0 Å². The van der Waals surface area contributed by atoms with Gasteiger partial charge in [-0.1, -0.05) is 38.1 Å². The number of nitro groups is 1. The lowest BCUT2D eigenvalue weighted by molar-refractivity contribution is -0.386. The third-order valence-electron chi connectivity index (χ3n) is 5.58. The van der Waals surface area contributed by atoms with E-state index in [0.717, 1.165) is 11.3 Å². The summed E-state index contributed by atoms with van der Waals surface area (Å²) >= 11 is 0. The Balaban J connectivity index is 1.72. The normalized spacial score (nSPS) is 15.3. The molecule has 31 heavy (non-hydrogen) atoms. The van der Waals surface area contributed by atoms with Crippen LogP contribution in [-0.2, 0) is 11.3 Å². The Morgan fingerprint density at radius 2 is 2.06 bits per heavy atom. The lowest BCUT2D eigenvalue weighted by Gasteiger charge is -2.31. The lowest BCUT2D eigenvalue weighted by Crippen LogP contribution is -2.36. The monoisotopic (exact) mass is 420 g/mol. The zero-order chi connectivity index (χ0) is 22.0. The summed E-state index contributed by atoms with van der Waals surface area (Å²) in [5.41, 5.74) is 3.27. The SMILES string of the molecule is CC(C)c1ccc(N(Cc2cn[nH]c2)C(=O)C2CCOc3c2cccc3[N+](=O)[O-])cc1. The van der Waals surface area contributed by atoms with Gasteiger partial charge in [-0.3, -0.25) is 20.0 Å². The topological polar surface area (TPSA) is 101 Å². The number of hydrogen-bond acceptors (Lipinski definition) is 5. The first kappa shape index (κ1) is 20.6. The van der Waals surface area contributed by atoms with Crippen LogP contribution < -0.4 is 9.64 Å². The van der Waals surface area contributed by atoms with E-state index >= 15 is 0 Å². The number of ether oxygens (including phenoxy) is 1. The van der Waals surface area contributed by atoms with E-state index in [0.29, 0.717) is 24.4 Å². The molecule has 0 radical (unpaired) electrons. The number of anilines is 1. The van der Waals surface area contributed by atoms with E-state index in [4.69, 9.17) is 4.74 Å². The van der Waals surface area contributed by atoms with Crippen LogP contribution >= 0.6 is 0 Å². The van der Waals surface area contributed by atoms with Crippen LogP contribution in [0.1, 0.15) is 48.8 Å². The Kier molecular flexibility index (Phi) is 5.70. The first-order chi connectivity index (χ1) is 15.0. The Morgan fingerprint density at radius 1 is 1.29 bits per heavy atom. The van der Waals surface area contributed by atoms with Crippen molar-refractivity contribution in [2.45, 2.75) is 38.6 Å². The van der Waals surface area contributed by atoms with Gasteiger partial charge in [0.25, 0.3) is 0 Å². The Labute approximate surface area is 180 Å². The van der Waals surface area contributed by atoms with Crippen molar-refractivity contribution in [1.82, 2.24) is 10.2 Å². The zero-order valence-corrected chi connectivity index (χ0v) is 17.4. The molecule has 0 spiro atoms. The molecular formula is C23H24N4O4. The number of H-pyrrole nitrogens is 1. The number of amides is 1. The van der Waals surface area contributed by atoms with Gasteiger partial charge in [-0.15, -0.1) is 0 Å². The van der Waals surface area contributed by atoms with Crippen LogP contribution in [0.2, 0.25) is 0 Å². The van der Waals surface area contributed by atoms with E-state index in [9.17, 15) is 14.9 Å². The highest BCUT2D eigenvalue weighted by molar-refractivity contribution is 5.98. The fraction of sp³-hybridized carbons (Fsp3) is 0.304. The van der Waals surface area contributed by atoms with Gasteiger partial charge < -0.3 is 9.64 Å². The van der Waals surface area contributed by atoms with Gasteiger partial charge in [-0.2, -0.15) is 5.10 Å². The van der Waals surface area contributed by atoms with Gasteiger partial charge in [-0.25, -0.2) is 0 Å². The second-order valence-electron chi connectivity index (χ2n) is 7.92. The molecule has 0 fully saturated rings. The largest absolute Gasteiger partial charge is 0.487 e. The summed E-state index contributed by atoms with van der Waals surface area (Å²) in [5.74, 6) is -0.0746. The number of nitrogens with one attached hydrogen (secondary N) is 1. The molecule has 1 aliphatic rings. The zero-order valence-electron chi connectivity index (χ0n) is 17.4. The van der Waals surface area contributed by atoms with Crippen LogP contribution in [0.3, 0.4) is 0 Å². The summed E-state index contributed by atoms with van der Waals surface area (Å²) in [6.07, 6.45) is 3.90. The van der Waals surface area contributed by atoms with Gasteiger partial charge in [0.1, 0.15) is 0 Å². The standard InChI is InChI=1S/C23H24N4O4/c1-15(2)17-6-8-18(9-7-17)26(14-16-12-24-25-13-16)23(28)20-10-11-31-22-19(20)4-3-5-21(22)27(29)30/h3-9,12-13,15,20H,10-11,14H2,1-2H3,(H,24,25). The first-order valence-electron chi connectivity index (χ1n) is 10.2. The molecule has 0 saturated heterocycles. The number of nitro benzene ring substituents is 1. The predicted molar refractivity (Wildman–Crippen MR) is 116 cm³/mol. The maximum atomic E-state index is 13.8. The Hall–Kier alpha value is -3.68. The average molecular weight is 420 g/mol. The van der Waals surface area contributed by atoms with Crippen molar-refractivity contribution in [3.63, 3.8) is 0 Å². The lowest BCUT2D eigenvalue weighted by atomic mass is 9.90. The number of benzene rings is 2. The van der Waals surface area contributed by atoms with Crippen molar-refractivity contribution < 1.29 is 14.5 Å². The Bertz CT molecular complexity index is 1080. The molecule has 1 atom stereocenters. The number of hydrogen-bond donors (Lipinski definition) is 1. The molecule has 1 unspecified atom stereocenters. The second kappa shape index (κ2) is 8.59. The summed E-state index contributed by atoms with van der Waals surface area (Å²) in [4.78, 5) is 26.4. The fourth-order valence-corrected chi connectivity index (χ4v) is 3.88. The third-order valence-corrected chi connectivity index (χ3v) is 5.58. The van der Waals surface area contributed by atoms with E-state index in [1.807, 2.05) is 24.3 Å². The number of carbonyl (C=O) groups is 1. The van der Waals surface area contributed by atoms with Crippen LogP contribution in [0.15, 0.2) is 54.9 Å². The molecule has 1 amide bonds. The highest BCUT2D eigenvalue weighted by Crippen LogP contribution is 2.41. The molecule has 0 bridgehead atoms. The van der Waals surface area contributed by atoms with E-state index in [-0.39, 0.29) is 24.0 Å². The van der Waals surface area contributed by atoms with Gasteiger partial charge >= 0.3 is 5.69 Å². The molecule has 1 aromatic heterocycles. The van der Waals surface area contributed by atoms with Gasteiger partial charge in [0, 0.05) is 29.1 Å².